The fourth-order valence-electron chi connectivity index (χ4n) is 6.33. The summed E-state index contributed by atoms with van der Waals surface area (Å²) in [6, 6.07) is 8.15. The van der Waals surface area contributed by atoms with Crippen LogP contribution in [0.2, 0.25) is 0 Å². The number of nitrogens with zero attached hydrogens (tertiary/aromatic N) is 1. The molecule has 1 amide bonds. The van der Waals surface area contributed by atoms with Crippen molar-refractivity contribution in [2.24, 2.45) is 16.5 Å². The number of carbonyl (C=O) groups excluding carboxylic acids is 1. The van der Waals surface area contributed by atoms with Crippen molar-refractivity contribution in [2.75, 3.05) is 13.2 Å². The summed E-state index contributed by atoms with van der Waals surface area (Å²) in [5.41, 5.74) is 3.32. The maximum absolute atomic E-state index is 12.5. The van der Waals surface area contributed by atoms with Gasteiger partial charge in [-0.05, 0) is 97.4 Å². The molecule has 6 nitrogen and oxygen atoms in total. The smallest absolute Gasteiger partial charge is 0.309 e. The number of hydrogen-bond donors (Lipinski definition) is 2. The number of oxime groups is 1. The molecule has 0 radical (unpaired) electrons. The summed E-state index contributed by atoms with van der Waals surface area (Å²) in [6.45, 7) is 9.64. The largest absolute Gasteiger partial charge is 0.481 e. The van der Waals surface area contributed by atoms with Crippen LogP contribution in [0.15, 0.2) is 39.3 Å². The van der Waals surface area contributed by atoms with E-state index in [1.165, 1.54) is 22.5 Å². The summed E-state index contributed by atoms with van der Waals surface area (Å²) in [5, 5.41) is 19.7. The Morgan fingerprint density at radius 3 is 2.71 bits per heavy atom. The molecule has 1 aromatic carbocycles. The van der Waals surface area contributed by atoms with E-state index in [0.29, 0.717) is 31.9 Å². The summed E-state index contributed by atoms with van der Waals surface area (Å²) < 4.78 is 1.07. The average molecular weight is 604 g/mol. The average Bonchev–Trinajstić information content (AvgIpc) is 3.41. The van der Waals surface area contributed by atoms with Crippen molar-refractivity contribution in [2.45, 2.75) is 84.0 Å². The monoisotopic (exact) mass is 602 g/mol. The maximum atomic E-state index is 12.5. The van der Waals surface area contributed by atoms with Crippen LogP contribution in [0, 0.1) is 11.3 Å². The van der Waals surface area contributed by atoms with E-state index in [1.807, 2.05) is 24.4 Å². The van der Waals surface area contributed by atoms with Crippen LogP contribution >= 0.6 is 27.3 Å². The number of benzene rings is 1. The highest BCUT2D eigenvalue weighted by molar-refractivity contribution is 9.10. The molecular formula is C30H39BrN2O4S. The Morgan fingerprint density at radius 1 is 1.24 bits per heavy atom. The summed E-state index contributed by atoms with van der Waals surface area (Å²) >= 11 is 5.24. The standard InChI is InChI=1S/C30H39BrN2O4S/c1-19(2)20-16-21-22(17-23(20)31)29(3)11-9-12-30(4,28(35)36)26(29)18-24(21)33-37-14-7-5-6-13-32-27(34)25-10-8-15-38-25/h8,10,15-17,19,26H,5-7,9,11-14,18H2,1-4H3,(H,32,34)(H,35,36)/b33-24+/t26-,29-,30-/m1/s1. The van der Waals surface area contributed by atoms with E-state index in [-0.39, 0.29) is 17.2 Å². The van der Waals surface area contributed by atoms with Crippen molar-refractivity contribution < 1.29 is 19.5 Å². The van der Waals surface area contributed by atoms with Gasteiger partial charge in [0.05, 0.1) is 16.0 Å². The van der Waals surface area contributed by atoms with Gasteiger partial charge < -0.3 is 15.3 Å². The lowest BCUT2D eigenvalue weighted by Crippen LogP contribution is -2.53. The molecule has 1 fully saturated rings. The highest BCUT2D eigenvalue weighted by atomic mass is 79.9. The molecule has 0 spiro atoms. The number of thiophene rings is 1. The summed E-state index contributed by atoms with van der Waals surface area (Å²) in [4.78, 5) is 31.1. The number of hydrogen-bond acceptors (Lipinski definition) is 5. The zero-order chi connectivity index (χ0) is 27.5. The molecule has 0 saturated heterocycles. The Hall–Kier alpha value is -2.19. The highest BCUT2D eigenvalue weighted by Crippen LogP contribution is 2.58. The SMILES string of the molecule is CC(C)c1cc2c(cc1Br)[C@@]1(C)CCC[C@@](C)(C(=O)O)[C@@H]1C/C2=N\OCCCCCNC(=O)c1cccs1. The van der Waals surface area contributed by atoms with E-state index >= 15 is 0 Å². The fourth-order valence-corrected chi connectivity index (χ4v) is 7.77. The first-order valence-electron chi connectivity index (χ1n) is 13.7. The van der Waals surface area contributed by atoms with E-state index in [9.17, 15) is 14.7 Å². The Morgan fingerprint density at radius 2 is 2.03 bits per heavy atom. The number of carbonyl (C=O) groups is 2. The number of carboxylic acids is 1. The van der Waals surface area contributed by atoms with Crippen molar-refractivity contribution in [3.05, 3.63) is 55.7 Å². The van der Waals surface area contributed by atoms with E-state index in [0.717, 1.165) is 52.7 Å². The van der Waals surface area contributed by atoms with Gasteiger partial charge in [0.1, 0.15) is 6.61 Å². The first-order chi connectivity index (χ1) is 18.1. The highest BCUT2D eigenvalue weighted by Gasteiger charge is 2.56. The first-order valence-corrected chi connectivity index (χ1v) is 15.3. The third-order valence-electron chi connectivity index (χ3n) is 8.62. The Labute approximate surface area is 238 Å². The van der Waals surface area contributed by atoms with Crippen LogP contribution in [-0.2, 0) is 15.0 Å². The van der Waals surface area contributed by atoms with Gasteiger partial charge in [0.15, 0.2) is 0 Å². The van der Waals surface area contributed by atoms with Crippen molar-refractivity contribution in [3.63, 3.8) is 0 Å². The van der Waals surface area contributed by atoms with Gasteiger partial charge in [-0.25, -0.2) is 0 Å². The minimum Gasteiger partial charge on any atom is -0.481 e. The molecule has 1 saturated carbocycles. The normalized spacial score (nSPS) is 25.6. The third-order valence-corrected chi connectivity index (χ3v) is 10.2. The molecule has 0 unspecified atom stereocenters. The molecule has 0 aliphatic heterocycles. The van der Waals surface area contributed by atoms with E-state index < -0.39 is 11.4 Å². The van der Waals surface area contributed by atoms with E-state index in [1.54, 1.807) is 0 Å². The van der Waals surface area contributed by atoms with Crippen LogP contribution in [0.1, 0.15) is 105 Å². The lowest BCUT2D eigenvalue weighted by Gasteiger charge is -2.53. The van der Waals surface area contributed by atoms with Crippen molar-refractivity contribution in [1.29, 1.82) is 0 Å². The molecule has 2 N–H and O–H groups in total. The third kappa shape index (κ3) is 5.71. The molecule has 1 aromatic heterocycles. The number of amides is 1. The van der Waals surface area contributed by atoms with Crippen LogP contribution < -0.4 is 5.32 Å². The second kappa shape index (κ2) is 11.9. The number of unbranched alkanes of at least 4 members (excludes halogenated alkanes) is 2. The Balaban J connectivity index is 1.46. The molecule has 0 bridgehead atoms. The molecule has 38 heavy (non-hydrogen) atoms. The zero-order valence-electron chi connectivity index (χ0n) is 22.8. The summed E-state index contributed by atoms with van der Waals surface area (Å²) in [6.07, 6.45) is 5.79. The van der Waals surface area contributed by atoms with Crippen molar-refractivity contribution in [3.8, 4) is 0 Å². The van der Waals surface area contributed by atoms with Gasteiger partial charge in [-0.15, -0.1) is 11.3 Å². The predicted octanol–water partition coefficient (Wildman–Crippen LogP) is 7.51. The number of carboxylic acid groups (broad SMARTS) is 1. The van der Waals surface area contributed by atoms with Crippen LogP contribution in [0.3, 0.4) is 0 Å². The molecule has 2 aliphatic carbocycles. The van der Waals surface area contributed by atoms with Crippen LogP contribution in [0.5, 0.6) is 0 Å². The van der Waals surface area contributed by atoms with Gasteiger partial charge >= 0.3 is 5.97 Å². The lowest BCUT2D eigenvalue weighted by atomic mass is 9.49. The van der Waals surface area contributed by atoms with Gasteiger partial charge in [0.2, 0.25) is 0 Å². The number of rotatable bonds is 10. The number of fused-ring (bicyclic) bond motifs is 3. The number of nitrogens with one attached hydrogen (secondary N) is 1. The molecule has 2 aromatic rings. The van der Waals surface area contributed by atoms with Crippen LogP contribution in [0.25, 0.3) is 0 Å². The van der Waals surface area contributed by atoms with Gasteiger partial charge in [0, 0.05) is 16.6 Å². The fraction of sp³-hybridized carbons (Fsp3) is 0.567. The molecule has 3 atom stereocenters. The zero-order valence-corrected chi connectivity index (χ0v) is 25.2. The first kappa shape index (κ1) is 28.8. The molecule has 206 valence electrons. The second-order valence-corrected chi connectivity index (χ2v) is 13.3. The minimum absolute atomic E-state index is 0.0194. The van der Waals surface area contributed by atoms with Gasteiger partial charge in [0.25, 0.3) is 5.91 Å². The number of aliphatic carboxylic acids is 1. The van der Waals surface area contributed by atoms with Crippen LogP contribution in [-0.4, -0.2) is 35.8 Å². The summed E-state index contributed by atoms with van der Waals surface area (Å²) in [7, 11) is 0. The van der Waals surface area contributed by atoms with Crippen molar-refractivity contribution in [1.82, 2.24) is 5.32 Å². The molecule has 8 heteroatoms. The van der Waals surface area contributed by atoms with Gasteiger partial charge in [-0.1, -0.05) is 54.3 Å². The molecule has 1 heterocycles. The second-order valence-electron chi connectivity index (χ2n) is 11.5. The van der Waals surface area contributed by atoms with E-state index in [2.05, 4.69) is 59.3 Å². The summed E-state index contributed by atoms with van der Waals surface area (Å²) in [5.74, 6) is -0.451. The quantitative estimate of drug-likeness (QED) is 0.217. The van der Waals surface area contributed by atoms with Gasteiger partial charge in [-0.2, -0.15) is 0 Å². The topological polar surface area (TPSA) is 88.0 Å². The van der Waals surface area contributed by atoms with Crippen molar-refractivity contribution >= 4 is 44.9 Å². The molecular weight excluding hydrogens is 564 g/mol. The maximum Gasteiger partial charge on any atom is 0.309 e. The number of halogens is 1. The van der Waals surface area contributed by atoms with Gasteiger partial charge in [-0.3, -0.25) is 9.59 Å². The molecule has 4 rings (SSSR count). The molecule has 2 aliphatic rings. The lowest BCUT2D eigenvalue weighted by molar-refractivity contribution is -0.156. The van der Waals surface area contributed by atoms with Crippen LogP contribution in [0.4, 0.5) is 0 Å². The predicted molar refractivity (Wildman–Crippen MR) is 156 cm³/mol. The Bertz CT molecular complexity index is 1200. The minimum atomic E-state index is -0.803. The Kier molecular flexibility index (Phi) is 9.03. The van der Waals surface area contributed by atoms with E-state index in [4.69, 9.17) is 4.84 Å².